The maximum absolute atomic E-state index is 9.99. The molecule has 2 rings (SSSR count). The standard InChI is InChI=1S/C11H11N3O2S/c1-7-10(8(2)16-14-7)3-11-13-9(5-17-11)4-12-6-15/h5H,3-4H2,1-2H3. The fourth-order valence-corrected chi connectivity index (χ4v) is 2.32. The lowest BCUT2D eigenvalue weighted by Crippen LogP contribution is -1.91. The molecule has 0 radical (unpaired) electrons. The number of carbonyl (C=O) groups excluding carboxylic acids is 1. The summed E-state index contributed by atoms with van der Waals surface area (Å²) in [6, 6.07) is 0. The van der Waals surface area contributed by atoms with Gasteiger partial charge in [-0.15, -0.1) is 11.3 Å². The van der Waals surface area contributed by atoms with Gasteiger partial charge in [-0.05, 0) is 13.8 Å². The Balaban J connectivity index is 2.14. The number of aromatic nitrogens is 2. The highest BCUT2D eigenvalue weighted by Gasteiger charge is 2.11. The molecule has 0 bridgehead atoms. The second-order valence-electron chi connectivity index (χ2n) is 3.62. The highest BCUT2D eigenvalue weighted by Crippen LogP contribution is 2.20. The molecule has 2 aromatic heterocycles. The summed E-state index contributed by atoms with van der Waals surface area (Å²) in [6.45, 7) is 4.10. The Bertz CT molecular complexity index is 548. The molecule has 5 nitrogen and oxygen atoms in total. The second kappa shape index (κ2) is 5.03. The van der Waals surface area contributed by atoms with Gasteiger partial charge in [-0.1, -0.05) is 5.16 Å². The van der Waals surface area contributed by atoms with Crippen molar-refractivity contribution in [2.24, 2.45) is 4.99 Å². The van der Waals surface area contributed by atoms with Crippen LogP contribution >= 0.6 is 11.3 Å². The molecule has 0 aliphatic heterocycles. The minimum Gasteiger partial charge on any atom is -0.361 e. The van der Waals surface area contributed by atoms with Gasteiger partial charge in [-0.25, -0.2) is 9.78 Å². The summed E-state index contributed by atoms with van der Waals surface area (Å²) in [6.07, 6.45) is 2.21. The minimum atomic E-state index is 0.293. The van der Waals surface area contributed by atoms with Crippen molar-refractivity contribution in [3.8, 4) is 0 Å². The van der Waals surface area contributed by atoms with Crippen LogP contribution in [-0.4, -0.2) is 16.2 Å². The van der Waals surface area contributed by atoms with Gasteiger partial charge in [0.2, 0.25) is 6.08 Å². The summed E-state index contributed by atoms with van der Waals surface area (Å²) in [5.41, 5.74) is 2.76. The Kier molecular flexibility index (Phi) is 3.46. The molecule has 0 aliphatic carbocycles. The van der Waals surface area contributed by atoms with Crippen LogP contribution in [0.4, 0.5) is 0 Å². The summed E-state index contributed by atoms with van der Waals surface area (Å²) in [5.74, 6) is 0.824. The lowest BCUT2D eigenvalue weighted by molar-refractivity contribution is 0.392. The molecule has 2 heterocycles. The van der Waals surface area contributed by atoms with Crippen LogP contribution in [0.3, 0.4) is 0 Å². The number of hydrogen-bond acceptors (Lipinski definition) is 6. The molecule has 88 valence electrons. The third kappa shape index (κ3) is 2.67. The minimum absolute atomic E-state index is 0.293. The van der Waals surface area contributed by atoms with Gasteiger partial charge in [0.05, 0.1) is 22.9 Å². The van der Waals surface area contributed by atoms with Crippen LogP contribution < -0.4 is 0 Å². The van der Waals surface area contributed by atoms with Crippen molar-refractivity contribution in [2.45, 2.75) is 26.8 Å². The fraction of sp³-hybridized carbons (Fsp3) is 0.364. The zero-order valence-corrected chi connectivity index (χ0v) is 10.4. The molecule has 0 spiro atoms. The number of nitrogens with zero attached hydrogens (tertiary/aromatic N) is 3. The van der Waals surface area contributed by atoms with Crippen LogP contribution in [0.1, 0.15) is 27.7 Å². The first-order valence-corrected chi connectivity index (χ1v) is 5.97. The molecule has 0 fully saturated rings. The Morgan fingerprint density at radius 3 is 3.00 bits per heavy atom. The van der Waals surface area contributed by atoms with Gasteiger partial charge in [0.1, 0.15) is 5.76 Å². The molecule has 0 atom stereocenters. The van der Waals surface area contributed by atoms with Crippen LogP contribution in [0.2, 0.25) is 0 Å². The average Bonchev–Trinajstić information content (AvgIpc) is 2.88. The van der Waals surface area contributed by atoms with E-state index in [0.29, 0.717) is 13.0 Å². The molecule has 0 saturated heterocycles. The van der Waals surface area contributed by atoms with Crippen molar-refractivity contribution in [3.05, 3.63) is 33.1 Å². The quantitative estimate of drug-likeness (QED) is 0.615. The predicted molar refractivity (Wildman–Crippen MR) is 62.7 cm³/mol. The van der Waals surface area contributed by atoms with Gasteiger partial charge in [-0.3, -0.25) is 0 Å². The van der Waals surface area contributed by atoms with Gasteiger partial charge < -0.3 is 4.52 Å². The van der Waals surface area contributed by atoms with Crippen LogP contribution in [0.25, 0.3) is 0 Å². The van der Waals surface area contributed by atoms with E-state index in [1.165, 1.54) is 6.08 Å². The van der Waals surface area contributed by atoms with E-state index < -0.39 is 0 Å². The first-order valence-electron chi connectivity index (χ1n) is 5.09. The Morgan fingerprint density at radius 1 is 1.53 bits per heavy atom. The molecule has 6 heteroatoms. The summed E-state index contributed by atoms with van der Waals surface area (Å²) < 4.78 is 5.10. The molecular weight excluding hydrogens is 238 g/mol. The van der Waals surface area contributed by atoms with Crippen LogP contribution in [0.15, 0.2) is 14.9 Å². The highest BCUT2D eigenvalue weighted by molar-refractivity contribution is 7.09. The number of hydrogen-bond donors (Lipinski definition) is 0. The van der Waals surface area contributed by atoms with Crippen molar-refractivity contribution in [3.63, 3.8) is 0 Å². The smallest absolute Gasteiger partial charge is 0.235 e. The van der Waals surface area contributed by atoms with Gasteiger partial charge in [0.15, 0.2) is 0 Å². The normalized spacial score (nSPS) is 10.2. The van der Waals surface area contributed by atoms with Crippen LogP contribution in [0.5, 0.6) is 0 Å². The van der Waals surface area contributed by atoms with Gasteiger partial charge in [0, 0.05) is 17.4 Å². The number of thiazole rings is 1. The van der Waals surface area contributed by atoms with E-state index in [1.54, 1.807) is 11.3 Å². The first kappa shape index (κ1) is 11.7. The van der Waals surface area contributed by atoms with E-state index in [4.69, 9.17) is 4.52 Å². The third-order valence-corrected chi connectivity index (χ3v) is 3.31. The van der Waals surface area contributed by atoms with Crippen LogP contribution in [-0.2, 0) is 17.8 Å². The Hall–Kier alpha value is -1.78. The third-order valence-electron chi connectivity index (χ3n) is 2.41. The fourth-order valence-electron chi connectivity index (χ4n) is 1.52. The summed E-state index contributed by atoms with van der Waals surface area (Å²) in [4.78, 5) is 17.9. The first-order chi connectivity index (χ1) is 8.20. The molecule has 0 aromatic carbocycles. The van der Waals surface area contributed by atoms with Crippen molar-refractivity contribution in [2.75, 3.05) is 0 Å². The topological polar surface area (TPSA) is 68.3 Å². The number of isocyanates is 1. The average molecular weight is 249 g/mol. The van der Waals surface area contributed by atoms with Crippen molar-refractivity contribution < 1.29 is 9.32 Å². The predicted octanol–water partition coefficient (Wildman–Crippen LogP) is 2.17. The Morgan fingerprint density at radius 2 is 2.35 bits per heavy atom. The van der Waals surface area contributed by atoms with Gasteiger partial charge in [0.25, 0.3) is 0 Å². The highest BCUT2D eigenvalue weighted by atomic mass is 32.1. The zero-order valence-electron chi connectivity index (χ0n) is 9.56. The molecule has 0 N–H and O–H groups in total. The number of aryl methyl sites for hydroxylation is 2. The van der Waals surface area contributed by atoms with Crippen molar-refractivity contribution >= 4 is 17.4 Å². The van der Waals surface area contributed by atoms with E-state index >= 15 is 0 Å². The molecule has 0 amide bonds. The number of aliphatic imine (C=N–C) groups is 1. The molecule has 0 unspecified atom stereocenters. The lowest BCUT2D eigenvalue weighted by Gasteiger charge is -1.95. The van der Waals surface area contributed by atoms with E-state index in [1.807, 2.05) is 19.2 Å². The second-order valence-corrected chi connectivity index (χ2v) is 4.56. The van der Waals surface area contributed by atoms with E-state index in [-0.39, 0.29) is 0 Å². The maximum atomic E-state index is 9.99. The Labute approximate surface area is 102 Å². The van der Waals surface area contributed by atoms with E-state index in [0.717, 1.165) is 27.7 Å². The number of rotatable bonds is 4. The van der Waals surface area contributed by atoms with Gasteiger partial charge in [-0.2, -0.15) is 4.99 Å². The maximum Gasteiger partial charge on any atom is 0.235 e. The summed E-state index contributed by atoms with van der Waals surface area (Å²) in [7, 11) is 0. The molecule has 0 aliphatic rings. The van der Waals surface area contributed by atoms with Crippen molar-refractivity contribution in [1.82, 2.24) is 10.1 Å². The SMILES string of the molecule is Cc1noc(C)c1Cc1nc(CN=C=O)cs1. The monoisotopic (exact) mass is 249 g/mol. The summed E-state index contributed by atoms with van der Waals surface area (Å²) >= 11 is 1.55. The largest absolute Gasteiger partial charge is 0.361 e. The molecule has 0 saturated carbocycles. The molecular formula is C11H11N3O2S. The van der Waals surface area contributed by atoms with Crippen LogP contribution in [0, 0.1) is 13.8 Å². The zero-order chi connectivity index (χ0) is 12.3. The van der Waals surface area contributed by atoms with Crippen molar-refractivity contribution in [1.29, 1.82) is 0 Å². The lowest BCUT2D eigenvalue weighted by atomic mass is 10.1. The summed E-state index contributed by atoms with van der Waals surface area (Å²) in [5, 5.41) is 6.77. The van der Waals surface area contributed by atoms with E-state index in [2.05, 4.69) is 15.1 Å². The molecule has 2 aromatic rings. The molecule has 17 heavy (non-hydrogen) atoms. The van der Waals surface area contributed by atoms with E-state index in [9.17, 15) is 4.79 Å². The van der Waals surface area contributed by atoms with Gasteiger partial charge >= 0.3 is 0 Å².